The van der Waals surface area contributed by atoms with Crippen molar-refractivity contribution in [3.05, 3.63) is 0 Å². The Balaban J connectivity index is 1.99. The number of carbonyl (C=O) groups is 1. The minimum Gasteiger partial charge on any atom is -0.355 e. The number of nitrogens with zero attached hydrogens (tertiary/aromatic N) is 1. The molecule has 0 aliphatic carbocycles. The Kier molecular flexibility index (Phi) is 5.72. The lowest BCUT2D eigenvalue weighted by Gasteiger charge is -2.10. The molecule has 1 atom stereocenters. The Hall–Kier alpha value is -1.14. The van der Waals surface area contributed by atoms with E-state index in [-0.39, 0.29) is 11.9 Å². The van der Waals surface area contributed by atoms with E-state index in [4.69, 9.17) is 5.84 Å². The van der Waals surface area contributed by atoms with Crippen LogP contribution in [-0.4, -0.2) is 37.9 Å². The molecule has 0 bridgehead atoms. The molecule has 0 aromatic rings. The van der Waals surface area contributed by atoms with Crippen LogP contribution >= 0.6 is 0 Å². The van der Waals surface area contributed by atoms with Gasteiger partial charge in [0.15, 0.2) is 0 Å². The summed E-state index contributed by atoms with van der Waals surface area (Å²) in [4.78, 5) is 15.4. The average Bonchev–Trinajstić information content (AvgIpc) is 2.76. The molecule has 86 valence electrons. The number of nitrogens with two attached hydrogens (primary N) is 1. The molecule has 1 heterocycles. The maximum Gasteiger partial charge on any atom is 0.237 e. The van der Waals surface area contributed by atoms with E-state index in [0.29, 0.717) is 13.1 Å². The lowest BCUT2D eigenvalue weighted by atomic mass is 10.2. The molecule has 0 unspecified atom stereocenters. The summed E-state index contributed by atoms with van der Waals surface area (Å²) >= 11 is 0. The van der Waals surface area contributed by atoms with Crippen molar-refractivity contribution in [1.82, 2.24) is 16.1 Å². The Morgan fingerprint density at radius 2 is 2.53 bits per heavy atom. The van der Waals surface area contributed by atoms with E-state index in [1.54, 1.807) is 0 Å². The highest BCUT2D eigenvalue weighted by Gasteiger charge is 2.20. The molecular formula is C9H19N5O. The second kappa shape index (κ2) is 7.19. The molecular weight excluding hydrogens is 194 g/mol. The fraction of sp³-hybridized carbons (Fsp3) is 0.778. The first-order chi connectivity index (χ1) is 7.34. The Bertz CT molecular complexity index is 213. The molecule has 0 radical (unpaired) electrons. The van der Waals surface area contributed by atoms with Gasteiger partial charge in [-0.1, -0.05) is 0 Å². The summed E-state index contributed by atoms with van der Waals surface area (Å²) in [6, 6.07) is 0.0132. The third kappa shape index (κ3) is 4.75. The van der Waals surface area contributed by atoms with Gasteiger partial charge in [-0.05, 0) is 25.8 Å². The standard InChI is InChI=1S/C9H19N5O/c10-14-7-11-4-2-6-13-9(15)8-3-1-5-12-8/h7-8,12H,1-6,10H2,(H,11,14)(H,13,15)/t8-/m0/s1. The molecule has 0 spiro atoms. The van der Waals surface area contributed by atoms with Gasteiger partial charge in [0.2, 0.25) is 5.91 Å². The lowest BCUT2D eigenvalue weighted by molar-refractivity contribution is -0.122. The van der Waals surface area contributed by atoms with Crippen LogP contribution < -0.4 is 21.9 Å². The molecule has 1 aliphatic rings. The van der Waals surface area contributed by atoms with E-state index in [2.05, 4.69) is 21.1 Å². The highest BCUT2D eigenvalue weighted by Crippen LogP contribution is 2.04. The molecule has 5 N–H and O–H groups in total. The molecule has 15 heavy (non-hydrogen) atoms. The number of carbonyl (C=O) groups excluding carboxylic acids is 1. The number of hydrogen-bond donors (Lipinski definition) is 4. The molecule has 1 amide bonds. The van der Waals surface area contributed by atoms with Crippen LogP contribution in [0.2, 0.25) is 0 Å². The van der Waals surface area contributed by atoms with Crippen molar-refractivity contribution in [3.63, 3.8) is 0 Å². The zero-order valence-corrected chi connectivity index (χ0v) is 8.83. The summed E-state index contributed by atoms with van der Waals surface area (Å²) in [6.45, 7) is 2.28. The van der Waals surface area contributed by atoms with Crippen molar-refractivity contribution in [2.75, 3.05) is 19.6 Å². The predicted octanol–water partition coefficient (Wildman–Crippen LogP) is -1.26. The summed E-state index contributed by atoms with van der Waals surface area (Å²) in [5, 5.41) is 6.02. The van der Waals surface area contributed by atoms with E-state index in [9.17, 15) is 4.79 Å². The van der Waals surface area contributed by atoms with Crippen LogP contribution in [0.25, 0.3) is 0 Å². The topological polar surface area (TPSA) is 91.5 Å². The van der Waals surface area contributed by atoms with Crippen LogP contribution in [0.3, 0.4) is 0 Å². The maximum absolute atomic E-state index is 11.5. The molecule has 0 aromatic carbocycles. The van der Waals surface area contributed by atoms with E-state index in [0.717, 1.165) is 25.8 Å². The Morgan fingerprint density at radius 3 is 3.20 bits per heavy atom. The maximum atomic E-state index is 11.5. The van der Waals surface area contributed by atoms with Crippen molar-refractivity contribution < 1.29 is 4.79 Å². The predicted molar refractivity (Wildman–Crippen MR) is 59.3 cm³/mol. The van der Waals surface area contributed by atoms with E-state index >= 15 is 0 Å². The second-order valence-corrected chi connectivity index (χ2v) is 3.50. The van der Waals surface area contributed by atoms with Crippen LogP contribution in [0.1, 0.15) is 19.3 Å². The first-order valence-electron chi connectivity index (χ1n) is 5.30. The van der Waals surface area contributed by atoms with Gasteiger partial charge in [0.05, 0.1) is 12.4 Å². The minimum absolute atomic E-state index is 0.0132. The molecule has 6 heteroatoms. The first-order valence-corrected chi connectivity index (χ1v) is 5.30. The monoisotopic (exact) mass is 213 g/mol. The molecule has 1 aliphatic heterocycles. The van der Waals surface area contributed by atoms with Gasteiger partial charge in [-0.25, -0.2) is 5.84 Å². The number of rotatable bonds is 6. The molecule has 0 aromatic heterocycles. The minimum atomic E-state index is 0.0132. The Labute approximate surface area is 89.7 Å². The third-order valence-corrected chi connectivity index (χ3v) is 2.31. The highest BCUT2D eigenvalue weighted by molar-refractivity contribution is 5.81. The van der Waals surface area contributed by atoms with Gasteiger partial charge in [0.1, 0.15) is 0 Å². The van der Waals surface area contributed by atoms with Gasteiger partial charge >= 0.3 is 0 Å². The van der Waals surface area contributed by atoms with Crippen LogP contribution in [0.5, 0.6) is 0 Å². The van der Waals surface area contributed by atoms with Crippen LogP contribution in [0.4, 0.5) is 0 Å². The van der Waals surface area contributed by atoms with Crippen molar-refractivity contribution in [2.24, 2.45) is 10.8 Å². The van der Waals surface area contributed by atoms with E-state index in [1.807, 2.05) is 0 Å². The third-order valence-electron chi connectivity index (χ3n) is 2.31. The summed E-state index contributed by atoms with van der Waals surface area (Å²) in [7, 11) is 0. The fourth-order valence-corrected chi connectivity index (χ4v) is 1.53. The SMILES string of the molecule is NNC=NCCCNC(=O)[C@@H]1CCCN1. The molecule has 1 fully saturated rings. The van der Waals surface area contributed by atoms with Crippen LogP contribution in [0, 0.1) is 0 Å². The van der Waals surface area contributed by atoms with Crippen LogP contribution in [0.15, 0.2) is 4.99 Å². The summed E-state index contributed by atoms with van der Waals surface area (Å²) in [6.07, 6.45) is 4.31. The normalized spacial score (nSPS) is 20.7. The largest absolute Gasteiger partial charge is 0.355 e. The van der Waals surface area contributed by atoms with Crippen molar-refractivity contribution in [3.8, 4) is 0 Å². The van der Waals surface area contributed by atoms with Gasteiger partial charge in [-0.2, -0.15) is 0 Å². The number of amides is 1. The number of nitrogens with one attached hydrogen (secondary N) is 3. The zero-order chi connectivity index (χ0) is 10.9. The average molecular weight is 213 g/mol. The summed E-state index contributed by atoms with van der Waals surface area (Å²) in [5.74, 6) is 5.10. The van der Waals surface area contributed by atoms with E-state index < -0.39 is 0 Å². The van der Waals surface area contributed by atoms with Crippen molar-refractivity contribution >= 4 is 12.2 Å². The summed E-state index contributed by atoms with van der Waals surface area (Å²) < 4.78 is 0. The molecule has 1 rings (SSSR count). The van der Waals surface area contributed by atoms with Crippen molar-refractivity contribution in [1.29, 1.82) is 0 Å². The lowest BCUT2D eigenvalue weighted by Crippen LogP contribution is -2.40. The van der Waals surface area contributed by atoms with Crippen LogP contribution in [-0.2, 0) is 4.79 Å². The van der Waals surface area contributed by atoms with Gasteiger partial charge in [-0.3, -0.25) is 9.79 Å². The number of hydrazine groups is 1. The zero-order valence-electron chi connectivity index (χ0n) is 8.83. The van der Waals surface area contributed by atoms with Gasteiger partial charge < -0.3 is 16.1 Å². The quantitative estimate of drug-likeness (QED) is 0.146. The Morgan fingerprint density at radius 1 is 1.67 bits per heavy atom. The number of aliphatic imine (C=N–C) groups is 1. The van der Waals surface area contributed by atoms with Crippen molar-refractivity contribution in [2.45, 2.75) is 25.3 Å². The first kappa shape index (κ1) is 11.9. The highest BCUT2D eigenvalue weighted by atomic mass is 16.2. The van der Waals surface area contributed by atoms with E-state index in [1.165, 1.54) is 6.34 Å². The second-order valence-electron chi connectivity index (χ2n) is 3.50. The summed E-state index contributed by atoms with van der Waals surface area (Å²) in [5.41, 5.74) is 2.32. The molecule has 0 saturated carbocycles. The number of hydrogen-bond acceptors (Lipinski definition) is 4. The molecule has 1 saturated heterocycles. The van der Waals surface area contributed by atoms with Gasteiger partial charge in [0.25, 0.3) is 0 Å². The fourth-order valence-electron chi connectivity index (χ4n) is 1.53. The molecule has 6 nitrogen and oxygen atoms in total. The smallest absolute Gasteiger partial charge is 0.237 e. The van der Waals surface area contributed by atoms with Gasteiger partial charge in [-0.15, -0.1) is 0 Å². The van der Waals surface area contributed by atoms with Gasteiger partial charge in [0, 0.05) is 13.1 Å².